The molecule has 0 bridgehead atoms. The number of aliphatic hydroxyl groups excluding tert-OH is 1. The topological polar surface area (TPSA) is 67.8 Å². The molecule has 1 saturated heterocycles. The minimum atomic E-state index is -0.657. The van der Waals surface area contributed by atoms with Crippen LogP contribution in [0.15, 0.2) is 48.5 Å². The van der Waals surface area contributed by atoms with Gasteiger partial charge in [0.2, 0.25) is 0 Å². The second kappa shape index (κ2) is 8.86. The lowest BCUT2D eigenvalue weighted by molar-refractivity contribution is 0.00578. The summed E-state index contributed by atoms with van der Waals surface area (Å²) in [5.74, 6) is -1.05. The summed E-state index contributed by atoms with van der Waals surface area (Å²) >= 11 is 0. The zero-order valence-electron chi connectivity index (χ0n) is 17.0. The lowest BCUT2D eigenvalue weighted by Gasteiger charge is -2.32. The number of hydrogen-bond donors (Lipinski definition) is 2. The van der Waals surface area contributed by atoms with Crippen molar-refractivity contribution in [3.8, 4) is 0 Å². The summed E-state index contributed by atoms with van der Waals surface area (Å²) < 4.78 is 26.3. The van der Waals surface area contributed by atoms with Gasteiger partial charge in [0.05, 0.1) is 16.8 Å². The summed E-state index contributed by atoms with van der Waals surface area (Å²) in [6.07, 6.45) is 0. The molecular formula is C21H27BFNO4. The van der Waals surface area contributed by atoms with E-state index < -0.39 is 30.0 Å². The molecular weight excluding hydrogens is 360 g/mol. The summed E-state index contributed by atoms with van der Waals surface area (Å²) in [6.45, 7) is 8.10. The molecule has 5 nitrogen and oxygen atoms in total. The summed E-state index contributed by atoms with van der Waals surface area (Å²) in [7, 11) is 0.343. The lowest BCUT2D eigenvalue weighted by atomic mass is 9.78. The highest BCUT2D eigenvalue weighted by Crippen LogP contribution is 2.36. The number of hydrogen-bond acceptors (Lipinski definition) is 4. The smallest absolute Gasteiger partial charge is 0.400 e. The largest absolute Gasteiger partial charge is 0.494 e. The van der Waals surface area contributed by atoms with E-state index in [2.05, 4.69) is 5.32 Å². The first kappa shape index (κ1) is 22.1. The quantitative estimate of drug-likeness (QED) is 0.792. The van der Waals surface area contributed by atoms with Gasteiger partial charge in [-0.1, -0.05) is 36.4 Å². The Morgan fingerprint density at radius 3 is 2.14 bits per heavy atom. The Morgan fingerprint density at radius 1 is 1.04 bits per heavy atom. The fourth-order valence-corrected chi connectivity index (χ4v) is 2.71. The molecule has 28 heavy (non-hydrogen) atoms. The monoisotopic (exact) mass is 387 g/mol. The van der Waals surface area contributed by atoms with Gasteiger partial charge >= 0.3 is 7.12 Å². The van der Waals surface area contributed by atoms with Crippen molar-refractivity contribution < 1.29 is 23.6 Å². The van der Waals surface area contributed by atoms with E-state index in [0.29, 0.717) is 12.0 Å². The van der Waals surface area contributed by atoms with Crippen LogP contribution in [-0.4, -0.2) is 36.4 Å². The van der Waals surface area contributed by atoms with Gasteiger partial charge in [-0.05, 0) is 50.9 Å². The van der Waals surface area contributed by atoms with Crippen LogP contribution in [0.5, 0.6) is 0 Å². The first-order valence-corrected chi connectivity index (χ1v) is 9.11. The predicted molar refractivity (Wildman–Crippen MR) is 108 cm³/mol. The average Bonchev–Trinajstić information content (AvgIpc) is 2.89. The van der Waals surface area contributed by atoms with Crippen molar-refractivity contribution in [3.63, 3.8) is 0 Å². The molecule has 1 aliphatic rings. The minimum absolute atomic E-state index is 0.00111. The van der Waals surface area contributed by atoms with E-state index in [1.807, 2.05) is 58.0 Å². The van der Waals surface area contributed by atoms with Crippen molar-refractivity contribution in [1.82, 2.24) is 5.32 Å². The van der Waals surface area contributed by atoms with Gasteiger partial charge in [-0.15, -0.1) is 0 Å². The Bertz CT molecular complexity index is 795. The van der Waals surface area contributed by atoms with Crippen LogP contribution in [0, 0.1) is 5.82 Å². The van der Waals surface area contributed by atoms with Crippen molar-refractivity contribution in [2.75, 3.05) is 7.11 Å². The van der Waals surface area contributed by atoms with Crippen molar-refractivity contribution in [3.05, 3.63) is 65.5 Å². The van der Waals surface area contributed by atoms with Gasteiger partial charge < -0.3 is 19.7 Å². The van der Waals surface area contributed by atoms with Crippen LogP contribution in [-0.2, 0) is 15.9 Å². The number of carbonyl (C=O) groups is 1. The molecule has 1 amide bonds. The Hall–Kier alpha value is -2.22. The fraction of sp³-hybridized carbons (Fsp3) is 0.381. The van der Waals surface area contributed by atoms with Crippen molar-refractivity contribution >= 4 is 18.5 Å². The van der Waals surface area contributed by atoms with Crippen LogP contribution in [0.4, 0.5) is 4.39 Å². The molecule has 7 heteroatoms. The van der Waals surface area contributed by atoms with Crippen LogP contribution in [0.2, 0.25) is 0 Å². The summed E-state index contributed by atoms with van der Waals surface area (Å²) in [4.78, 5) is 12.3. The summed E-state index contributed by atoms with van der Waals surface area (Å²) in [6, 6.07) is 13.9. The normalized spacial score (nSPS) is 16.9. The Morgan fingerprint density at radius 2 is 1.61 bits per heavy atom. The molecule has 2 aromatic carbocycles. The molecule has 2 N–H and O–H groups in total. The maximum atomic E-state index is 14.5. The van der Waals surface area contributed by atoms with E-state index in [1.165, 1.54) is 12.1 Å². The molecule has 1 aliphatic heterocycles. The van der Waals surface area contributed by atoms with Gasteiger partial charge in [0.15, 0.2) is 0 Å². The highest BCUT2D eigenvalue weighted by atomic mass is 19.1. The van der Waals surface area contributed by atoms with Crippen molar-refractivity contribution in [2.24, 2.45) is 0 Å². The first-order valence-electron chi connectivity index (χ1n) is 9.11. The van der Waals surface area contributed by atoms with Gasteiger partial charge in [-0.25, -0.2) is 4.39 Å². The SMILES string of the molecule is CC1(C)OB(c2ccc(C(=O)NCc3ccccc3)c(F)c2)OC1(C)C.CO. The number of aliphatic hydroxyl groups is 1. The lowest BCUT2D eigenvalue weighted by Crippen LogP contribution is -2.41. The third-order valence-corrected chi connectivity index (χ3v) is 5.06. The molecule has 0 aromatic heterocycles. The van der Waals surface area contributed by atoms with E-state index in [0.717, 1.165) is 12.7 Å². The van der Waals surface area contributed by atoms with Gasteiger partial charge in [0, 0.05) is 13.7 Å². The van der Waals surface area contributed by atoms with Crippen molar-refractivity contribution in [2.45, 2.75) is 45.4 Å². The molecule has 1 fully saturated rings. The van der Waals surface area contributed by atoms with E-state index in [1.54, 1.807) is 6.07 Å². The molecule has 0 spiro atoms. The van der Waals surface area contributed by atoms with Crippen molar-refractivity contribution in [1.29, 1.82) is 0 Å². The zero-order chi connectivity index (χ0) is 20.9. The molecule has 150 valence electrons. The van der Waals surface area contributed by atoms with Crippen LogP contribution >= 0.6 is 0 Å². The molecule has 0 unspecified atom stereocenters. The number of benzene rings is 2. The second-order valence-electron chi connectivity index (χ2n) is 7.50. The minimum Gasteiger partial charge on any atom is -0.400 e. The van der Waals surface area contributed by atoms with Gasteiger partial charge in [-0.2, -0.15) is 0 Å². The maximum absolute atomic E-state index is 14.5. The Kier molecular flexibility index (Phi) is 6.98. The highest BCUT2D eigenvalue weighted by Gasteiger charge is 2.51. The molecule has 0 aliphatic carbocycles. The highest BCUT2D eigenvalue weighted by molar-refractivity contribution is 6.62. The fourth-order valence-electron chi connectivity index (χ4n) is 2.71. The maximum Gasteiger partial charge on any atom is 0.494 e. The van der Waals surface area contributed by atoms with E-state index in [-0.39, 0.29) is 5.56 Å². The standard InChI is InChI=1S/C20H23BFNO3.CH4O/c1-19(2)20(3,4)26-21(25-19)15-10-11-16(17(22)12-15)18(24)23-13-14-8-6-5-7-9-14;1-2/h5-12H,13H2,1-4H3,(H,23,24);2H,1H3. The predicted octanol–water partition coefficient (Wildman–Crippen LogP) is 2.66. The number of halogens is 1. The molecule has 0 atom stereocenters. The Balaban J connectivity index is 0.00000136. The summed E-state index contributed by atoms with van der Waals surface area (Å²) in [5, 5.41) is 9.73. The first-order chi connectivity index (χ1) is 13.2. The zero-order valence-corrected chi connectivity index (χ0v) is 17.0. The molecule has 0 saturated carbocycles. The molecule has 2 aromatic rings. The van der Waals surface area contributed by atoms with Crippen LogP contribution < -0.4 is 10.8 Å². The van der Waals surface area contributed by atoms with Gasteiger partial charge in [0.1, 0.15) is 5.82 Å². The van der Waals surface area contributed by atoms with Crippen LogP contribution in [0.1, 0.15) is 43.6 Å². The van der Waals surface area contributed by atoms with Gasteiger partial charge in [-0.3, -0.25) is 4.79 Å². The number of carbonyl (C=O) groups excluding carboxylic acids is 1. The summed E-state index contributed by atoms with van der Waals surface area (Å²) in [5.41, 5.74) is 0.511. The van der Waals surface area contributed by atoms with E-state index in [4.69, 9.17) is 14.4 Å². The number of rotatable bonds is 4. The second-order valence-corrected chi connectivity index (χ2v) is 7.50. The van der Waals surface area contributed by atoms with Crippen LogP contribution in [0.25, 0.3) is 0 Å². The molecule has 3 rings (SSSR count). The molecule has 1 heterocycles. The van der Waals surface area contributed by atoms with E-state index >= 15 is 0 Å². The average molecular weight is 387 g/mol. The third kappa shape index (κ3) is 4.79. The molecule has 0 radical (unpaired) electrons. The third-order valence-electron chi connectivity index (χ3n) is 5.06. The van der Waals surface area contributed by atoms with Gasteiger partial charge in [0.25, 0.3) is 5.91 Å². The Labute approximate surface area is 166 Å². The van der Waals surface area contributed by atoms with E-state index in [9.17, 15) is 9.18 Å². The number of amides is 1. The number of nitrogens with one attached hydrogen (secondary N) is 1. The van der Waals surface area contributed by atoms with Crippen LogP contribution in [0.3, 0.4) is 0 Å².